The molecule has 0 aliphatic rings. The maximum atomic E-state index is 11.0. The molecule has 0 saturated heterocycles. The van der Waals surface area contributed by atoms with Gasteiger partial charge in [0.05, 0.1) is 10.6 Å². The number of nitro benzene ring substituents is 1. The SMILES string of the molecule is Cc1ccc(-c2nn(C(C)C)cc2N)cc1[N+](=O)[O-]. The van der Waals surface area contributed by atoms with Crippen molar-refractivity contribution in [3.05, 3.63) is 40.1 Å². The van der Waals surface area contributed by atoms with Gasteiger partial charge in [-0.05, 0) is 20.8 Å². The summed E-state index contributed by atoms with van der Waals surface area (Å²) >= 11 is 0. The summed E-state index contributed by atoms with van der Waals surface area (Å²) in [7, 11) is 0. The van der Waals surface area contributed by atoms with E-state index in [2.05, 4.69) is 5.10 Å². The zero-order valence-electron chi connectivity index (χ0n) is 11.1. The predicted molar refractivity (Wildman–Crippen MR) is 73.9 cm³/mol. The van der Waals surface area contributed by atoms with Gasteiger partial charge in [0.2, 0.25) is 0 Å². The Labute approximate surface area is 111 Å². The summed E-state index contributed by atoms with van der Waals surface area (Å²) in [4.78, 5) is 10.6. The molecule has 1 aromatic carbocycles. The Morgan fingerprint density at radius 1 is 1.42 bits per heavy atom. The van der Waals surface area contributed by atoms with Gasteiger partial charge in [0.15, 0.2) is 0 Å². The number of aryl methyl sites for hydroxylation is 1. The molecule has 0 unspecified atom stereocenters. The first-order chi connectivity index (χ1) is 8.90. The molecule has 2 N–H and O–H groups in total. The second-order valence-electron chi connectivity index (χ2n) is 4.77. The molecule has 1 heterocycles. The Kier molecular flexibility index (Phi) is 3.25. The average Bonchev–Trinajstić information content (AvgIpc) is 2.72. The maximum absolute atomic E-state index is 11.0. The first kappa shape index (κ1) is 13.1. The van der Waals surface area contributed by atoms with Crippen molar-refractivity contribution in [2.45, 2.75) is 26.8 Å². The molecular formula is C13H16N4O2. The lowest BCUT2D eigenvalue weighted by Crippen LogP contribution is -2.00. The standard InChI is InChI=1S/C13H16N4O2/c1-8(2)16-7-11(14)13(15-16)10-5-4-9(3)12(6-10)17(18)19/h4-8H,14H2,1-3H3. The highest BCUT2D eigenvalue weighted by Crippen LogP contribution is 2.29. The van der Waals surface area contributed by atoms with Gasteiger partial charge < -0.3 is 5.73 Å². The van der Waals surface area contributed by atoms with Gasteiger partial charge in [0.1, 0.15) is 5.69 Å². The third kappa shape index (κ3) is 2.42. The summed E-state index contributed by atoms with van der Waals surface area (Å²) in [5.74, 6) is 0. The lowest BCUT2D eigenvalue weighted by molar-refractivity contribution is -0.385. The second kappa shape index (κ2) is 4.72. The number of hydrogen-bond acceptors (Lipinski definition) is 4. The van der Waals surface area contributed by atoms with Crippen LogP contribution in [0.5, 0.6) is 0 Å². The Bertz CT molecular complexity index is 632. The molecule has 6 heteroatoms. The largest absolute Gasteiger partial charge is 0.396 e. The molecule has 0 amide bonds. The molecule has 1 aromatic heterocycles. The van der Waals surface area contributed by atoms with Crippen molar-refractivity contribution >= 4 is 11.4 Å². The Morgan fingerprint density at radius 2 is 2.11 bits per heavy atom. The van der Waals surface area contributed by atoms with Gasteiger partial charge in [-0.25, -0.2) is 0 Å². The number of anilines is 1. The smallest absolute Gasteiger partial charge is 0.272 e. The van der Waals surface area contributed by atoms with Gasteiger partial charge in [-0.3, -0.25) is 14.8 Å². The van der Waals surface area contributed by atoms with Crippen LogP contribution in [0.2, 0.25) is 0 Å². The summed E-state index contributed by atoms with van der Waals surface area (Å²) in [5.41, 5.74) is 8.38. The van der Waals surface area contributed by atoms with Gasteiger partial charge in [-0.15, -0.1) is 0 Å². The van der Waals surface area contributed by atoms with Gasteiger partial charge in [-0.2, -0.15) is 5.10 Å². The summed E-state index contributed by atoms with van der Waals surface area (Å²) in [6.07, 6.45) is 1.74. The van der Waals surface area contributed by atoms with E-state index in [1.54, 1.807) is 29.9 Å². The maximum Gasteiger partial charge on any atom is 0.272 e. The normalized spacial score (nSPS) is 10.9. The van der Waals surface area contributed by atoms with E-state index < -0.39 is 4.92 Å². The van der Waals surface area contributed by atoms with Crippen LogP contribution < -0.4 is 5.73 Å². The number of nitrogens with zero attached hydrogens (tertiary/aromatic N) is 3. The van der Waals surface area contributed by atoms with E-state index in [0.717, 1.165) is 0 Å². The Morgan fingerprint density at radius 3 is 2.63 bits per heavy atom. The minimum atomic E-state index is -0.394. The number of nitro groups is 1. The van der Waals surface area contributed by atoms with E-state index >= 15 is 0 Å². The fourth-order valence-electron chi connectivity index (χ4n) is 1.85. The van der Waals surface area contributed by atoms with Crippen LogP contribution in [0, 0.1) is 17.0 Å². The van der Waals surface area contributed by atoms with Crippen molar-refractivity contribution in [2.24, 2.45) is 0 Å². The number of aromatic nitrogens is 2. The van der Waals surface area contributed by atoms with E-state index in [1.165, 1.54) is 6.07 Å². The second-order valence-corrected chi connectivity index (χ2v) is 4.77. The van der Waals surface area contributed by atoms with Gasteiger partial charge >= 0.3 is 0 Å². The topological polar surface area (TPSA) is 87.0 Å². The molecule has 0 fully saturated rings. The predicted octanol–water partition coefficient (Wildman–Crippen LogP) is 2.93. The van der Waals surface area contributed by atoms with Crippen LogP contribution in [-0.4, -0.2) is 14.7 Å². The van der Waals surface area contributed by atoms with Crippen LogP contribution in [0.1, 0.15) is 25.5 Å². The van der Waals surface area contributed by atoms with Crippen molar-refractivity contribution in [1.29, 1.82) is 0 Å². The Balaban J connectivity index is 2.53. The summed E-state index contributed by atoms with van der Waals surface area (Å²) in [6, 6.07) is 5.21. The van der Waals surface area contributed by atoms with E-state index in [0.29, 0.717) is 22.5 Å². The molecule has 100 valence electrons. The number of nitrogens with two attached hydrogens (primary N) is 1. The van der Waals surface area contributed by atoms with Crippen LogP contribution >= 0.6 is 0 Å². The van der Waals surface area contributed by atoms with Crippen LogP contribution in [0.4, 0.5) is 11.4 Å². The van der Waals surface area contributed by atoms with Gasteiger partial charge in [0.25, 0.3) is 5.69 Å². The number of rotatable bonds is 3. The fraction of sp³-hybridized carbons (Fsp3) is 0.308. The number of nitrogen functional groups attached to an aromatic ring is 1. The zero-order valence-corrected chi connectivity index (χ0v) is 11.1. The van der Waals surface area contributed by atoms with Crippen LogP contribution in [-0.2, 0) is 0 Å². The molecule has 0 saturated carbocycles. The summed E-state index contributed by atoms with van der Waals surface area (Å²) < 4.78 is 1.75. The molecule has 0 spiro atoms. The van der Waals surface area contributed by atoms with Crippen LogP contribution in [0.15, 0.2) is 24.4 Å². The average molecular weight is 260 g/mol. The molecule has 2 rings (SSSR count). The van der Waals surface area contributed by atoms with Gasteiger partial charge in [0, 0.05) is 29.4 Å². The highest BCUT2D eigenvalue weighted by atomic mass is 16.6. The van der Waals surface area contributed by atoms with Crippen LogP contribution in [0.3, 0.4) is 0 Å². The Hall–Kier alpha value is -2.37. The van der Waals surface area contributed by atoms with Crippen molar-refractivity contribution in [3.63, 3.8) is 0 Å². The van der Waals surface area contributed by atoms with Crippen molar-refractivity contribution in [2.75, 3.05) is 5.73 Å². The molecule has 2 aromatic rings. The van der Waals surface area contributed by atoms with Crippen molar-refractivity contribution in [1.82, 2.24) is 9.78 Å². The van der Waals surface area contributed by atoms with E-state index in [9.17, 15) is 10.1 Å². The summed E-state index contributed by atoms with van der Waals surface area (Å²) in [5, 5.41) is 15.3. The van der Waals surface area contributed by atoms with E-state index in [4.69, 9.17) is 5.73 Å². The molecular weight excluding hydrogens is 244 g/mol. The van der Waals surface area contributed by atoms with Gasteiger partial charge in [-0.1, -0.05) is 12.1 Å². The zero-order chi connectivity index (χ0) is 14.2. The first-order valence-electron chi connectivity index (χ1n) is 6.00. The van der Waals surface area contributed by atoms with Crippen molar-refractivity contribution in [3.8, 4) is 11.3 Å². The lowest BCUT2D eigenvalue weighted by atomic mass is 10.1. The molecule has 0 radical (unpaired) electrons. The minimum absolute atomic E-state index is 0.0796. The number of hydrogen-bond donors (Lipinski definition) is 1. The molecule has 0 bridgehead atoms. The van der Waals surface area contributed by atoms with Crippen LogP contribution in [0.25, 0.3) is 11.3 Å². The molecule has 19 heavy (non-hydrogen) atoms. The molecule has 6 nitrogen and oxygen atoms in total. The first-order valence-corrected chi connectivity index (χ1v) is 6.00. The monoisotopic (exact) mass is 260 g/mol. The third-order valence-corrected chi connectivity index (χ3v) is 2.97. The minimum Gasteiger partial charge on any atom is -0.396 e. The van der Waals surface area contributed by atoms with E-state index in [1.807, 2.05) is 13.8 Å². The van der Waals surface area contributed by atoms with Crippen molar-refractivity contribution < 1.29 is 4.92 Å². The number of benzene rings is 1. The highest BCUT2D eigenvalue weighted by Gasteiger charge is 2.16. The summed E-state index contributed by atoms with van der Waals surface area (Å²) in [6.45, 7) is 5.69. The van der Waals surface area contributed by atoms with E-state index in [-0.39, 0.29) is 11.7 Å². The third-order valence-electron chi connectivity index (χ3n) is 2.97. The quantitative estimate of drug-likeness (QED) is 0.679. The highest BCUT2D eigenvalue weighted by molar-refractivity contribution is 5.74. The molecule has 0 aliphatic heterocycles. The fourth-order valence-corrected chi connectivity index (χ4v) is 1.85. The molecule has 0 aliphatic carbocycles. The lowest BCUT2D eigenvalue weighted by Gasteiger charge is -2.04. The molecule has 0 atom stereocenters.